The highest BCUT2D eigenvalue weighted by Crippen LogP contribution is 2.27. The highest BCUT2D eigenvalue weighted by atomic mass is 16.4. The fourth-order valence-corrected chi connectivity index (χ4v) is 2.87. The number of hydrogen-bond donors (Lipinski definition) is 2. The van der Waals surface area contributed by atoms with Gasteiger partial charge in [-0.15, -0.1) is 0 Å². The Bertz CT molecular complexity index is 981. The summed E-state index contributed by atoms with van der Waals surface area (Å²) in [6, 6.07) is 17.5. The Labute approximate surface area is 165 Å². The molecule has 0 unspecified atom stereocenters. The molecule has 4 nitrogen and oxygen atoms in total. The summed E-state index contributed by atoms with van der Waals surface area (Å²) in [5.41, 5.74) is 4.78. The zero-order valence-corrected chi connectivity index (χ0v) is 16.4. The third kappa shape index (κ3) is 4.78. The fourth-order valence-electron chi connectivity index (χ4n) is 2.87. The lowest BCUT2D eigenvalue weighted by molar-refractivity contribution is -0.111. The largest absolute Gasteiger partial charge is 0.459 e. The van der Waals surface area contributed by atoms with Crippen molar-refractivity contribution in [2.45, 2.75) is 33.3 Å². The van der Waals surface area contributed by atoms with E-state index >= 15 is 0 Å². The molecule has 0 saturated heterocycles. The van der Waals surface area contributed by atoms with Gasteiger partial charge in [0.1, 0.15) is 18.1 Å². The maximum atomic E-state index is 12.4. The van der Waals surface area contributed by atoms with Crippen LogP contribution in [0.3, 0.4) is 0 Å². The second-order valence-electron chi connectivity index (χ2n) is 7.10. The number of benzene rings is 2. The van der Waals surface area contributed by atoms with Gasteiger partial charge in [0.25, 0.3) is 0 Å². The maximum Gasteiger partial charge on any atom is 0.248 e. The van der Waals surface area contributed by atoms with E-state index in [0.717, 1.165) is 22.4 Å². The second-order valence-corrected chi connectivity index (χ2v) is 7.10. The topological polar surface area (TPSA) is 62.5 Å². The van der Waals surface area contributed by atoms with Gasteiger partial charge in [-0.1, -0.05) is 50.2 Å². The first-order valence-electron chi connectivity index (χ1n) is 9.36. The minimum atomic E-state index is -0.191. The van der Waals surface area contributed by atoms with Crippen molar-refractivity contribution >= 4 is 17.7 Å². The molecule has 1 heterocycles. The number of aryl methyl sites for hydroxylation is 1. The van der Waals surface area contributed by atoms with Crippen LogP contribution in [0.4, 0.5) is 5.69 Å². The van der Waals surface area contributed by atoms with Gasteiger partial charge in [0.05, 0.1) is 0 Å². The van der Waals surface area contributed by atoms with E-state index in [2.05, 4.69) is 31.3 Å². The minimum Gasteiger partial charge on any atom is -0.459 e. The molecular weight excluding hydrogens is 350 g/mol. The van der Waals surface area contributed by atoms with Gasteiger partial charge in [-0.05, 0) is 53.8 Å². The van der Waals surface area contributed by atoms with Crippen molar-refractivity contribution in [3.63, 3.8) is 0 Å². The minimum absolute atomic E-state index is 0.140. The lowest BCUT2D eigenvalue weighted by Crippen LogP contribution is -2.09. The van der Waals surface area contributed by atoms with E-state index in [4.69, 9.17) is 9.52 Å². The van der Waals surface area contributed by atoms with E-state index in [1.807, 2.05) is 43.3 Å². The molecule has 2 N–H and O–H groups in total. The van der Waals surface area contributed by atoms with Gasteiger partial charge in [-0.2, -0.15) is 0 Å². The predicted molar refractivity (Wildman–Crippen MR) is 113 cm³/mol. The van der Waals surface area contributed by atoms with Crippen LogP contribution < -0.4 is 5.32 Å². The fraction of sp³-hybridized carbons (Fsp3) is 0.208. The molecule has 1 aromatic heterocycles. The molecule has 28 heavy (non-hydrogen) atoms. The third-order valence-electron chi connectivity index (χ3n) is 4.63. The Morgan fingerprint density at radius 1 is 1.11 bits per heavy atom. The van der Waals surface area contributed by atoms with Crippen LogP contribution in [-0.2, 0) is 11.4 Å². The lowest BCUT2D eigenvalue weighted by atomic mass is 10.0. The van der Waals surface area contributed by atoms with E-state index < -0.39 is 0 Å². The first-order chi connectivity index (χ1) is 13.5. The zero-order valence-electron chi connectivity index (χ0n) is 16.4. The Kier molecular flexibility index (Phi) is 6.12. The molecule has 0 spiro atoms. The number of rotatable bonds is 6. The number of aliphatic hydroxyl groups excluding tert-OH is 1. The Morgan fingerprint density at radius 3 is 2.50 bits per heavy atom. The first kappa shape index (κ1) is 19.6. The molecule has 0 aliphatic heterocycles. The molecular formula is C24H25NO3. The molecule has 0 bridgehead atoms. The molecule has 0 aliphatic carbocycles. The van der Waals surface area contributed by atoms with E-state index in [1.54, 1.807) is 12.1 Å². The van der Waals surface area contributed by atoms with Gasteiger partial charge < -0.3 is 14.8 Å². The Balaban J connectivity index is 1.71. The van der Waals surface area contributed by atoms with E-state index in [9.17, 15) is 4.79 Å². The molecule has 1 amide bonds. The van der Waals surface area contributed by atoms with E-state index in [-0.39, 0.29) is 12.5 Å². The molecule has 0 saturated carbocycles. The summed E-state index contributed by atoms with van der Waals surface area (Å²) in [5, 5.41) is 12.1. The first-order valence-corrected chi connectivity index (χ1v) is 9.36. The van der Waals surface area contributed by atoms with Crippen molar-refractivity contribution in [1.82, 2.24) is 0 Å². The monoisotopic (exact) mass is 375 g/mol. The normalized spacial score (nSPS) is 11.3. The average molecular weight is 375 g/mol. The lowest BCUT2D eigenvalue weighted by Gasteiger charge is -2.08. The molecule has 144 valence electrons. The Hall–Kier alpha value is -3.11. The van der Waals surface area contributed by atoms with Gasteiger partial charge in [-0.3, -0.25) is 4.79 Å². The molecule has 0 aliphatic rings. The van der Waals surface area contributed by atoms with Crippen LogP contribution in [0.25, 0.3) is 17.4 Å². The number of carbonyl (C=O) groups excluding carboxylic acids is 1. The average Bonchev–Trinajstić information content (AvgIpc) is 3.17. The van der Waals surface area contributed by atoms with E-state index in [1.165, 1.54) is 11.6 Å². The molecule has 0 atom stereocenters. The second kappa shape index (κ2) is 8.72. The molecule has 2 aromatic carbocycles. The van der Waals surface area contributed by atoms with Gasteiger partial charge in [0.15, 0.2) is 0 Å². The van der Waals surface area contributed by atoms with Gasteiger partial charge in [-0.25, -0.2) is 0 Å². The quantitative estimate of drug-likeness (QED) is 0.557. The summed E-state index contributed by atoms with van der Waals surface area (Å²) in [5.74, 6) is 1.45. The molecule has 4 heteroatoms. The molecule has 0 radical (unpaired) electrons. The summed E-state index contributed by atoms with van der Waals surface area (Å²) < 4.78 is 5.57. The van der Waals surface area contributed by atoms with Crippen LogP contribution in [0.15, 0.2) is 65.1 Å². The van der Waals surface area contributed by atoms with Crippen molar-refractivity contribution in [2.75, 3.05) is 5.32 Å². The molecule has 0 fully saturated rings. The number of furan rings is 1. The van der Waals surface area contributed by atoms with Crippen LogP contribution in [0, 0.1) is 6.92 Å². The summed E-state index contributed by atoms with van der Waals surface area (Å²) in [6.45, 7) is 6.11. The highest BCUT2D eigenvalue weighted by molar-refractivity contribution is 6.02. The summed E-state index contributed by atoms with van der Waals surface area (Å²) in [4.78, 5) is 12.4. The standard InChI is InChI=1S/C24H25NO3/c1-16(2)19-9-5-18(6-10-19)7-13-24(27)25-22-14-20(8-4-17(22)3)23-12-11-21(15-26)28-23/h4-14,16,26H,15H2,1-3H3,(H,25,27)/b13-7+. The smallest absolute Gasteiger partial charge is 0.248 e. The summed E-state index contributed by atoms with van der Waals surface area (Å²) in [6.07, 6.45) is 3.34. The zero-order chi connectivity index (χ0) is 20.1. The van der Waals surface area contributed by atoms with Crippen LogP contribution >= 0.6 is 0 Å². The number of anilines is 1. The summed E-state index contributed by atoms with van der Waals surface area (Å²) >= 11 is 0. The van der Waals surface area contributed by atoms with Crippen molar-refractivity contribution in [1.29, 1.82) is 0 Å². The van der Waals surface area contributed by atoms with Crippen molar-refractivity contribution in [3.05, 3.63) is 83.1 Å². The third-order valence-corrected chi connectivity index (χ3v) is 4.63. The number of hydrogen-bond acceptors (Lipinski definition) is 3. The molecule has 3 aromatic rings. The number of nitrogens with one attached hydrogen (secondary N) is 1. The number of amides is 1. The van der Waals surface area contributed by atoms with Crippen LogP contribution in [0.2, 0.25) is 0 Å². The Morgan fingerprint density at radius 2 is 1.86 bits per heavy atom. The van der Waals surface area contributed by atoms with Crippen LogP contribution in [0.1, 0.15) is 42.2 Å². The SMILES string of the molecule is Cc1ccc(-c2ccc(CO)o2)cc1NC(=O)/C=C/c1ccc(C(C)C)cc1. The van der Waals surface area contributed by atoms with E-state index in [0.29, 0.717) is 17.4 Å². The number of carbonyl (C=O) groups is 1. The van der Waals surface area contributed by atoms with Gasteiger partial charge in [0.2, 0.25) is 5.91 Å². The van der Waals surface area contributed by atoms with Gasteiger partial charge in [0, 0.05) is 17.3 Å². The van der Waals surface area contributed by atoms with Crippen LogP contribution in [0.5, 0.6) is 0 Å². The molecule has 3 rings (SSSR count). The van der Waals surface area contributed by atoms with Crippen LogP contribution in [-0.4, -0.2) is 11.0 Å². The van der Waals surface area contributed by atoms with Gasteiger partial charge >= 0.3 is 0 Å². The van der Waals surface area contributed by atoms with Crippen molar-refractivity contribution in [3.8, 4) is 11.3 Å². The van der Waals surface area contributed by atoms with Crippen molar-refractivity contribution < 1.29 is 14.3 Å². The van der Waals surface area contributed by atoms with Crippen molar-refractivity contribution in [2.24, 2.45) is 0 Å². The summed E-state index contributed by atoms with van der Waals surface area (Å²) in [7, 11) is 0. The predicted octanol–water partition coefficient (Wildman–Crippen LogP) is 5.52. The maximum absolute atomic E-state index is 12.4. The highest BCUT2D eigenvalue weighted by Gasteiger charge is 2.08. The number of aliphatic hydroxyl groups is 1.